The van der Waals surface area contributed by atoms with Gasteiger partial charge in [0.1, 0.15) is 0 Å². The molecule has 0 aliphatic carbocycles. The molecule has 2 rings (SSSR count). The van der Waals surface area contributed by atoms with Gasteiger partial charge in [0.2, 0.25) is 11.8 Å². The lowest BCUT2D eigenvalue weighted by Gasteiger charge is -2.23. The maximum absolute atomic E-state index is 11.9. The standard InChI is InChI=1S/C14H18N2O2S/c1-8-12(17)16-10-7-9(5-6-11(10)19-8)15-13(18)14(2,3)4/h5-8H,1-4H3,(H,15,18)(H,16,17). The number of carbonyl (C=O) groups is 2. The second kappa shape index (κ2) is 4.89. The quantitative estimate of drug-likeness (QED) is 0.830. The molecule has 1 unspecified atom stereocenters. The zero-order valence-corrected chi connectivity index (χ0v) is 12.4. The van der Waals surface area contributed by atoms with Gasteiger partial charge in [0.05, 0.1) is 10.9 Å². The van der Waals surface area contributed by atoms with Crippen LogP contribution < -0.4 is 10.6 Å². The van der Waals surface area contributed by atoms with Crippen LogP contribution in [0.1, 0.15) is 27.7 Å². The Balaban J connectivity index is 2.20. The van der Waals surface area contributed by atoms with Crippen LogP contribution in [0.3, 0.4) is 0 Å². The summed E-state index contributed by atoms with van der Waals surface area (Å²) in [5, 5.41) is 5.63. The second-order valence-corrected chi connectivity index (χ2v) is 7.05. The fourth-order valence-corrected chi connectivity index (χ4v) is 2.54. The minimum atomic E-state index is -0.442. The Bertz CT molecular complexity index is 535. The number of carbonyl (C=O) groups excluding carboxylic acids is 2. The highest BCUT2D eigenvalue weighted by Gasteiger charge is 2.24. The third-order valence-electron chi connectivity index (χ3n) is 2.85. The van der Waals surface area contributed by atoms with Gasteiger partial charge >= 0.3 is 0 Å². The van der Waals surface area contributed by atoms with Crippen molar-refractivity contribution in [1.82, 2.24) is 0 Å². The van der Waals surface area contributed by atoms with Gasteiger partial charge in [-0.3, -0.25) is 9.59 Å². The molecule has 2 amide bonds. The van der Waals surface area contributed by atoms with Crippen molar-refractivity contribution in [3.8, 4) is 0 Å². The van der Waals surface area contributed by atoms with Gasteiger partial charge in [-0.2, -0.15) is 0 Å². The highest BCUT2D eigenvalue weighted by molar-refractivity contribution is 8.00. The van der Waals surface area contributed by atoms with E-state index in [1.165, 1.54) is 11.8 Å². The summed E-state index contributed by atoms with van der Waals surface area (Å²) in [6, 6.07) is 5.59. The van der Waals surface area contributed by atoms with Crippen LogP contribution in [-0.4, -0.2) is 17.1 Å². The lowest BCUT2D eigenvalue weighted by Crippen LogP contribution is -2.28. The Labute approximate surface area is 117 Å². The van der Waals surface area contributed by atoms with Crippen molar-refractivity contribution in [2.24, 2.45) is 5.41 Å². The molecule has 1 aliphatic heterocycles. The molecule has 0 spiro atoms. The molecule has 1 aromatic carbocycles. The average molecular weight is 278 g/mol. The largest absolute Gasteiger partial charge is 0.326 e. The van der Waals surface area contributed by atoms with Crippen LogP contribution in [0.5, 0.6) is 0 Å². The zero-order chi connectivity index (χ0) is 14.2. The van der Waals surface area contributed by atoms with E-state index >= 15 is 0 Å². The van der Waals surface area contributed by atoms with Crippen LogP contribution in [0.25, 0.3) is 0 Å². The predicted octanol–water partition coefficient (Wildman–Crippen LogP) is 3.10. The van der Waals surface area contributed by atoms with E-state index in [2.05, 4.69) is 10.6 Å². The van der Waals surface area contributed by atoms with Crippen LogP contribution in [-0.2, 0) is 9.59 Å². The van der Waals surface area contributed by atoms with E-state index in [0.29, 0.717) is 5.69 Å². The molecule has 0 radical (unpaired) electrons. The third-order valence-corrected chi connectivity index (χ3v) is 4.03. The summed E-state index contributed by atoms with van der Waals surface area (Å²) in [5.74, 6) is -0.0487. The van der Waals surface area contributed by atoms with Crippen molar-refractivity contribution >= 4 is 35.0 Å². The minimum Gasteiger partial charge on any atom is -0.326 e. The molecular weight excluding hydrogens is 260 g/mol. The summed E-state index contributed by atoms with van der Waals surface area (Å²) in [6.07, 6.45) is 0. The van der Waals surface area contributed by atoms with E-state index in [-0.39, 0.29) is 17.1 Å². The van der Waals surface area contributed by atoms with Crippen molar-refractivity contribution in [3.05, 3.63) is 18.2 Å². The van der Waals surface area contributed by atoms with Gasteiger partial charge in [0.15, 0.2) is 0 Å². The lowest BCUT2D eigenvalue weighted by atomic mass is 9.95. The molecule has 0 bridgehead atoms. The Morgan fingerprint density at radius 1 is 1.37 bits per heavy atom. The van der Waals surface area contributed by atoms with Crippen LogP contribution in [0.4, 0.5) is 11.4 Å². The second-order valence-electron chi connectivity index (χ2n) is 5.66. The highest BCUT2D eigenvalue weighted by atomic mass is 32.2. The normalized spacial score (nSPS) is 18.5. The Hall–Kier alpha value is -1.49. The SMILES string of the molecule is CC1Sc2ccc(NC(=O)C(C)(C)C)cc2NC1=O. The van der Waals surface area contributed by atoms with E-state index in [9.17, 15) is 9.59 Å². The van der Waals surface area contributed by atoms with E-state index in [4.69, 9.17) is 0 Å². The maximum Gasteiger partial charge on any atom is 0.237 e. The molecule has 19 heavy (non-hydrogen) atoms. The molecule has 2 N–H and O–H groups in total. The van der Waals surface area contributed by atoms with Crippen molar-refractivity contribution in [1.29, 1.82) is 0 Å². The van der Waals surface area contributed by atoms with Crippen LogP contribution >= 0.6 is 11.8 Å². The first kappa shape index (κ1) is 13.9. The number of nitrogens with one attached hydrogen (secondary N) is 2. The fourth-order valence-electron chi connectivity index (χ4n) is 1.61. The molecule has 5 heteroatoms. The molecule has 0 saturated heterocycles. The number of amides is 2. The first-order chi connectivity index (χ1) is 8.77. The smallest absolute Gasteiger partial charge is 0.237 e. The number of anilines is 2. The first-order valence-electron chi connectivity index (χ1n) is 6.20. The van der Waals surface area contributed by atoms with Gasteiger partial charge < -0.3 is 10.6 Å². The molecule has 4 nitrogen and oxygen atoms in total. The zero-order valence-electron chi connectivity index (χ0n) is 11.5. The van der Waals surface area contributed by atoms with Gasteiger partial charge in [0, 0.05) is 16.0 Å². The summed E-state index contributed by atoms with van der Waals surface area (Å²) in [6.45, 7) is 7.46. The van der Waals surface area contributed by atoms with Crippen LogP contribution in [0.2, 0.25) is 0 Å². The monoisotopic (exact) mass is 278 g/mol. The maximum atomic E-state index is 11.9. The first-order valence-corrected chi connectivity index (χ1v) is 7.08. The molecule has 0 aromatic heterocycles. The van der Waals surface area contributed by atoms with E-state index in [0.717, 1.165) is 10.6 Å². The molecule has 1 heterocycles. The number of thioether (sulfide) groups is 1. The molecule has 0 saturated carbocycles. The van der Waals surface area contributed by atoms with E-state index in [1.807, 2.05) is 39.8 Å². The highest BCUT2D eigenvalue weighted by Crippen LogP contribution is 2.37. The Morgan fingerprint density at radius 3 is 2.68 bits per heavy atom. The summed E-state index contributed by atoms with van der Waals surface area (Å²) in [4.78, 5) is 24.6. The summed E-state index contributed by atoms with van der Waals surface area (Å²) in [7, 11) is 0. The van der Waals surface area contributed by atoms with Crippen LogP contribution in [0.15, 0.2) is 23.1 Å². The van der Waals surface area contributed by atoms with Crippen molar-refractivity contribution in [2.75, 3.05) is 10.6 Å². The van der Waals surface area contributed by atoms with Gasteiger partial charge in [-0.25, -0.2) is 0 Å². The van der Waals surface area contributed by atoms with Gasteiger partial charge in [-0.15, -0.1) is 11.8 Å². The molecule has 1 aromatic rings. The van der Waals surface area contributed by atoms with Crippen LogP contribution in [0, 0.1) is 5.41 Å². The summed E-state index contributed by atoms with van der Waals surface area (Å²) < 4.78 is 0. The van der Waals surface area contributed by atoms with E-state index in [1.54, 1.807) is 6.07 Å². The molecule has 102 valence electrons. The fraction of sp³-hybridized carbons (Fsp3) is 0.429. The number of fused-ring (bicyclic) bond motifs is 1. The van der Waals surface area contributed by atoms with Crippen molar-refractivity contribution in [2.45, 2.75) is 37.8 Å². The predicted molar refractivity (Wildman–Crippen MR) is 78.5 cm³/mol. The number of hydrogen-bond donors (Lipinski definition) is 2. The van der Waals surface area contributed by atoms with E-state index < -0.39 is 5.41 Å². The summed E-state index contributed by atoms with van der Waals surface area (Å²) >= 11 is 1.53. The number of benzene rings is 1. The molecular formula is C14H18N2O2S. The Morgan fingerprint density at radius 2 is 2.05 bits per heavy atom. The topological polar surface area (TPSA) is 58.2 Å². The van der Waals surface area contributed by atoms with Crippen molar-refractivity contribution in [3.63, 3.8) is 0 Å². The van der Waals surface area contributed by atoms with Crippen molar-refractivity contribution < 1.29 is 9.59 Å². The summed E-state index contributed by atoms with van der Waals surface area (Å²) in [5.41, 5.74) is 1.02. The lowest BCUT2D eigenvalue weighted by molar-refractivity contribution is -0.123. The average Bonchev–Trinajstić information content (AvgIpc) is 2.29. The molecule has 0 fully saturated rings. The third kappa shape index (κ3) is 3.10. The Kier molecular flexibility index (Phi) is 3.58. The van der Waals surface area contributed by atoms with Gasteiger partial charge in [-0.1, -0.05) is 20.8 Å². The molecule has 1 atom stereocenters. The number of rotatable bonds is 1. The van der Waals surface area contributed by atoms with Gasteiger partial charge in [0.25, 0.3) is 0 Å². The number of hydrogen-bond acceptors (Lipinski definition) is 3. The molecule has 1 aliphatic rings. The minimum absolute atomic E-state index is 0.00296. The van der Waals surface area contributed by atoms with Gasteiger partial charge in [-0.05, 0) is 25.1 Å².